The lowest BCUT2D eigenvalue weighted by molar-refractivity contribution is -0.213. The number of amides is 1. The van der Waals surface area contributed by atoms with E-state index in [1.165, 1.54) is 53.0 Å². The van der Waals surface area contributed by atoms with Gasteiger partial charge in [0.25, 0.3) is 11.6 Å². The van der Waals surface area contributed by atoms with Crippen molar-refractivity contribution in [3.05, 3.63) is 84.1 Å². The number of hydrogen-bond donors (Lipinski definition) is 3. The number of carbonyl (C=O) groups is 2. The van der Waals surface area contributed by atoms with E-state index in [0.29, 0.717) is 36.7 Å². The maximum Gasteiger partial charge on any atom is 0.491 e. The zero-order chi connectivity index (χ0) is 38.4. The largest absolute Gasteiger partial charge is 0.491 e. The molecule has 0 radical (unpaired) electrons. The first-order valence-corrected chi connectivity index (χ1v) is 18.6. The van der Waals surface area contributed by atoms with Crippen molar-refractivity contribution < 1.29 is 45.4 Å². The molecule has 0 aliphatic carbocycles. The van der Waals surface area contributed by atoms with Gasteiger partial charge in [-0.3, -0.25) is 4.79 Å². The minimum atomic E-state index is -5.52. The summed E-state index contributed by atoms with van der Waals surface area (Å²) in [6.07, 6.45) is -1.23. The number of fused-ring (bicyclic) bond motifs is 1. The Morgan fingerprint density at radius 3 is 2.36 bits per heavy atom. The number of rotatable bonds is 13. The predicted octanol–water partition coefficient (Wildman–Crippen LogP) is 6.25. The molecular weight excluding hydrogens is 715 g/mol. The van der Waals surface area contributed by atoms with Gasteiger partial charge in [0.1, 0.15) is 5.82 Å². The number of halogens is 3. The summed E-state index contributed by atoms with van der Waals surface area (Å²) < 4.78 is 87.9. The first-order valence-electron chi connectivity index (χ1n) is 17.2. The number of sulfonamides is 1. The van der Waals surface area contributed by atoms with Crippen molar-refractivity contribution in [2.24, 2.45) is 0 Å². The molecule has 12 nitrogen and oxygen atoms in total. The molecule has 2 heterocycles. The fraction of sp³-hybridized carbons (Fsp3) is 0.378. The molecule has 1 aromatic heterocycles. The first-order chi connectivity index (χ1) is 25.2. The van der Waals surface area contributed by atoms with E-state index in [0.717, 1.165) is 12.8 Å². The SMILES string of the molecule is CCOc1cc(C(Nc2ccc3c(N)nccc3c2)(OC(=O)C(F)(F)F)C(=O)NCc2ccccc2S(=O)(=O)N2CCCCCC2)ccc1OC(C)C. The van der Waals surface area contributed by atoms with Crippen LogP contribution in [0.3, 0.4) is 0 Å². The van der Waals surface area contributed by atoms with Crippen molar-refractivity contribution in [3.63, 3.8) is 0 Å². The number of nitrogens with two attached hydrogens (primary N) is 1. The summed E-state index contributed by atoms with van der Waals surface area (Å²) in [5.41, 5.74) is 3.09. The molecule has 16 heteroatoms. The molecule has 0 spiro atoms. The average molecular weight is 758 g/mol. The Bertz CT molecular complexity index is 2050. The molecule has 4 aromatic rings. The van der Waals surface area contributed by atoms with Gasteiger partial charge in [-0.05, 0) is 93.1 Å². The molecule has 1 unspecified atom stereocenters. The highest BCUT2D eigenvalue weighted by atomic mass is 32.2. The number of aromatic nitrogens is 1. The number of pyridine rings is 1. The molecule has 3 aromatic carbocycles. The van der Waals surface area contributed by atoms with Gasteiger partial charge in [0, 0.05) is 42.5 Å². The van der Waals surface area contributed by atoms with Crippen molar-refractivity contribution in [1.29, 1.82) is 0 Å². The van der Waals surface area contributed by atoms with Crippen LogP contribution in [0.1, 0.15) is 57.6 Å². The van der Waals surface area contributed by atoms with Gasteiger partial charge in [-0.25, -0.2) is 18.2 Å². The second-order valence-electron chi connectivity index (χ2n) is 12.7. The smallest absolute Gasteiger partial charge is 0.490 e. The highest BCUT2D eigenvalue weighted by Gasteiger charge is 2.52. The molecule has 1 saturated heterocycles. The van der Waals surface area contributed by atoms with Crippen LogP contribution in [-0.4, -0.2) is 61.6 Å². The van der Waals surface area contributed by atoms with Crippen molar-refractivity contribution in [1.82, 2.24) is 14.6 Å². The molecule has 5 rings (SSSR count). The van der Waals surface area contributed by atoms with Crippen LogP contribution in [-0.2, 0) is 36.6 Å². The number of nitrogens with zero attached hydrogens (tertiary/aromatic N) is 2. The molecule has 284 valence electrons. The van der Waals surface area contributed by atoms with E-state index >= 15 is 0 Å². The summed E-state index contributed by atoms with van der Waals surface area (Å²) in [7, 11) is -4.00. The van der Waals surface area contributed by atoms with Crippen LogP contribution in [0.25, 0.3) is 10.8 Å². The van der Waals surface area contributed by atoms with Gasteiger partial charge in [-0.15, -0.1) is 0 Å². The van der Waals surface area contributed by atoms with E-state index in [1.54, 1.807) is 45.0 Å². The Morgan fingerprint density at radius 1 is 0.962 bits per heavy atom. The van der Waals surface area contributed by atoms with Gasteiger partial charge in [-0.2, -0.15) is 17.5 Å². The van der Waals surface area contributed by atoms with E-state index in [1.807, 2.05) is 0 Å². The lowest BCUT2D eigenvalue weighted by atomic mass is 9.99. The maximum atomic E-state index is 14.6. The van der Waals surface area contributed by atoms with Crippen LogP contribution in [0.4, 0.5) is 24.7 Å². The molecule has 1 fully saturated rings. The highest BCUT2D eigenvalue weighted by Crippen LogP contribution is 2.38. The number of esters is 1. The van der Waals surface area contributed by atoms with Crippen LogP contribution in [0.15, 0.2) is 77.8 Å². The standard InChI is InChI=1S/C37H42F3N5O7S/c1-4-50-31-22-27(13-16-30(31)51-24(2)3)36(52-35(47)37(38,39)40,44-28-14-15-29-25(21-28)17-18-42-33(29)41)34(46)43-23-26-11-7-8-12-32(26)53(48,49)45-19-9-5-6-10-20-45/h7-8,11-18,21-22,24,44H,4-6,9-10,19-20,23H2,1-3H3,(H2,41,42)(H,43,46). The lowest BCUT2D eigenvalue weighted by Gasteiger charge is -2.35. The summed E-state index contributed by atoms with van der Waals surface area (Å²) in [6.45, 7) is 5.53. The monoisotopic (exact) mass is 757 g/mol. The summed E-state index contributed by atoms with van der Waals surface area (Å²) >= 11 is 0. The van der Waals surface area contributed by atoms with Gasteiger partial charge in [-0.1, -0.05) is 31.0 Å². The van der Waals surface area contributed by atoms with E-state index in [9.17, 15) is 31.2 Å². The van der Waals surface area contributed by atoms with E-state index in [-0.39, 0.29) is 51.7 Å². The van der Waals surface area contributed by atoms with Gasteiger partial charge in [0.15, 0.2) is 11.5 Å². The third kappa shape index (κ3) is 8.93. The Kier molecular flexibility index (Phi) is 12.0. The average Bonchev–Trinajstić information content (AvgIpc) is 3.41. The van der Waals surface area contributed by atoms with Gasteiger partial charge < -0.3 is 30.6 Å². The third-order valence-corrected chi connectivity index (χ3v) is 10.5. The minimum absolute atomic E-state index is 0.0620. The Labute approximate surface area is 305 Å². The zero-order valence-corrected chi connectivity index (χ0v) is 30.4. The quantitative estimate of drug-likeness (QED) is 0.105. The van der Waals surface area contributed by atoms with Crippen LogP contribution in [0.2, 0.25) is 0 Å². The molecule has 0 saturated carbocycles. The second-order valence-corrected chi connectivity index (χ2v) is 14.6. The Balaban J connectivity index is 1.64. The third-order valence-electron chi connectivity index (χ3n) is 8.52. The number of nitrogens with one attached hydrogen (secondary N) is 2. The van der Waals surface area contributed by atoms with E-state index in [2.05, 4.69) is 15.6 Å². The second kappa shape index (κ2) is 16.3. The van der Waals surface area contributed by atoms with E-state index < -0.39 is 40.3 Å². The van der Waals surface area contributed by atoms with Crippen LogP contribution < -0.4 is 25.8 Å². The van der Waals surface area contributed by atoms with Gasteiger partial charge in [0.05, 0.1) is 17.6 Å². The normalized spacial score (nSPS) is 15.3. The summed E-state index contributed by atoms with van der Waals surface area (Å²) in [5, 5.41) is 6.35. The first kappa shape index (κ1) is 39.1. The molecule has 1 amide bonds. The van der Waals surface area contributed by atoms with Crippen molar-refractivity contribution in [2.45, 2.75) is 75.9 Å². The number of nitrogen functional groups attached to an aromatic ring is 1. The number of benzene rings is 3. The summed E-state index contributed by atoms with van der Waals surface area (Å²) in [6, 6.07) is 16.0. The molecule has 1 atom stereocenters. The number of anilines is 2. The summed E-state index contributed by atoms with van der Waals surface area (Å²) in [5.74, 6) is -3.43. The van der Waals surface area contributed by atoms with Crippen molar-refractivity contribution in [3.8, 4) is 11.5 Å². The van der Waals surface area contributed by atoms with Crippen LogP contribution in [0.5, 0.6) is 11.5 Å². The number of carbonyl (C=O) groups excluding carboxylic acids is 2. The lowest BCUT2D eigenvalue weighted by Crippen LogP contribution is -2.54. The van der Waals surface area contributed by atoms with Gasteiger partial charge in [0.2, 0.25) is 10.0 Å². The molecular formula is C37H42F3N5O7S. The molecule has 4 N–H and O–H groups in total. The van der Waals surface area contributed by atoms with Crippen LogP contribution >= 0.6 is 0 Å². The van der Waals surface area contributed by atoms with Crippen molar-refractivity contribution in [2.75, 3.05) is 30.7 Å². The van der Waals surface area contributed by atoms with Crippen molar-refractivity contribution >= 4 is 44.2 Å². The van der Waals surface area contributed by atoms with Gasteiger partial charge >= 0.3 is 12.1 Å². The topological polar surface area (TPSA) is 162 Å². The number of alkyl halides is 3. The van der Waals surface area contributed by atoms with E-state index in [4.69, 9.17) is 19.9 Å². The van der Waals surface area contributed by atoms with Crippen LogP contribution in [0, 0.1) is 0 Å². The summed E-state index contributed by atoms with van der Waals surface area (Å²) in [4.78, 5) is 31.3. The predicted molar refractivity (Wildman–Crippen MR) is 192 cm³/mol. The highest BCUT2D eigenvalue weighted by molar-refractivity contribution is 7.89. The maximum absolute atomic E-state index is 14.6. The number of ether oxygens (including phenoxy) is 3. The minimum Gasteiger partial charge on any atom is -0.490 e. The molecule has 1 aliphatic rings. The fourth-order valence-electron chi connectivity index (χ4n) is 6.04. The Hall–Kier alpha value is -5.09. The number of hydrogen-bond acceptors (Lipinski definition) is 10. The zero-order valence-electron chi connectivity index (χ0n) is 29.5. The molecule has 0 bridgehead atoms. The Morgan fingerprint density at radius 2 is 1.68 bits per heavy atom. The fourth-order valence-corrected chi connectivity index (χ4v) is 7.78. The molecule has 1 aliphatic heterocycles. The molecule has 53 heavy (non-hydrogen) atoms.